The molecule has 0 saturated carbocycles. The molecule has 0 fully saturated rings. The Morgan fingerprint density at radius 1 is 0.909 bits per heavy atom. The lowest BCUT2D eigenvalue weighted by Crippen LogP contribution is -2.40. The lowest BCUT2D eigenvalue weighted by molar-refractivity contribution is -0.685. The maximum absolute atomic E-state index is 8.15. The second kappa shape index (κ2) is 7.44. The Labute approximate surface area is 203 Å². The lowest BCUT2D eigenvalue weighted by Gasteiger charge is -2.09. The van der Waals surface area contributed by atoms with E-state index in [1.54, 1.807) is 19.1 Å². The van der Waals surface area contributed by atoms with Crippen LogP contribution in [0, 0.1) is 34.5 Å². The highest BCUT2D eigenvalue weighted by atomic mass is 15.2. The Morgan fingerprint density at radius 3 is 2.36 bits per heavy atom. The summed E-state index contributed by atoms with van der Waals surface area (Å²) in [6.45, 7) is 1.10. The molecule has 6 nitrogen and oxygen atoms in total. The number of aryl methyl sites for hydroxylation is 7. The zero-order chi connectivity index (χ0) is 28.6. The maximum Gasteiger partial charge on any atom is 0.359 e. The third kappa shape index (κ3) is 2.97. The molecule has 4 aromatic heterocycles. The summed E-state index contributed by atoms with van der Waals surface area (Å²) in [5.41, 5.74) is 6.05. The van der Waals surface area contributed by atoms with Crippen LogP contribution in [0.4, 0.5) is 0 Å². The van der Waals surface area contributed by atoms with E-state index < -0.39 is 13.7 Å². The Morgan fingerprint density at radius 2 is 1.64 bits per heavy atom. The Kier molecular flexibility index (Phi) is 3.43. The molecule has 5 rings (SSSR count). The van der Waals surface area contributed by atoms with Crippen LogP contribution in [0.15, 0.2) is 48.8 Å². The second-order valence-electron chi connectivity index (χ2n) is 8.60. The van der Waals surface area contributed by atoms with Gasteiger partial charge in [0.15, 0.2) is 0 Å². The minimum atomic E-state index is -2.30. The predicted molar refractivity (Wildman–Crippen MR) is 130 cm³/mol. The fourth-order valence-electron chi connectivity index (χ4n) is 4.91. The fourth-order valence-corrected chi connectivity index (χ4v) is 4.91. The van der Waals surface area contributed by atoms with Crippen LogP contribution in [0.3, 0.4) is 0 Å². The molecule has 33 heavy (non-hydrogen) atoms. The van der Waals surface area contributed by atoms with Crippen LogP contribution in [0.2, 0.25) is 0 Å². The quantitative estimate of drug-likeness (QED) is 0.386. The summed E-state index contributed by atoms with van der Waals surface area (Å²) in [6, 6.07) is 11.3. The Balaban J connectivity index is 1.75. The molecule has 6 heteroatoms. The molecule has 0 atom stereocenters. The molecule has 0 saturated heterocycles. The highest BCUT2D eigenvalue weighted by Crippen LogP contribution is 2.29. The van der Waals surface area contributed by atoms with Gasteiger partial charge in [-0.2, -0.15) is 9.13 Å². The molecule has 0 bridgehead atoms. The van der Waals surface area contributed by atoms with Crippen LogP contribution >= 0.6 is 0 Å². The van der Waals surface area contributed by atoms with Crippen molar-refractivity contribution in [2.45, 2.75) is 34.5 Å². The predicted octanol–water partition coefficient (Wildman–Crippen LogP) is 3.99. The van der Waals surface area contributed by atoms with Crippen molar-refractivity contribution >= 4 is 5.78 Å². The molecule has 4 heterocycles. The highest BCUT2D eigenvalue weighted by molar-refractivity contribution is 5.63. The van der Waals surface area contributed by atoms with E-state index in [4.69, 9.17) is 8.22 Å². The third-order valence-corrected chi connectivity index (χ3v) is 6.59. The highest BCUT2D eigenvalue weighted by Gasteiger charge is 2.31. The molecule has 0 spiro atoms. The van der Waals surface area contributed by atoms with E-state index in [-0.39, 0.29) is 5.69 Å². The van der Waals surface area contributed by atoms with Gasteiger partial charge in [0.2, 0.25) is 11.5 Å². The summed E-state index contributed by atoms with van der Waals surface area (Å²) in [6.07, 6.45) is 3.81. The van der Waals surface area contributed by atoms with Gasteiger partial charge < -0.3 is 4.57 Å². The van der Waals surface area contributed by atoms with Crippen LogP contribution in [0.1, 0.15) is 36.4 Å². The number of hydrogen-bond donors (Lipinski definition) is 0. The molecule has 0 aliphatic heterocycles. The molecular formula is C27H32N6+2. The number of para-hydroxylation sites is 1. The molecular weight excluding hydrogens is 408 g/mol. The molecule has 5 aromatic rings. The van der Waals surface area contributed by atoms with Crippen molar-refractivity contribution in [2.75, 3.05) is 0 Å². The van der Waals surface area contributed by atoms with Crippen LogP contribution in [-0.2, 0) is 21.1 Å². The van der Waals surface area contributed by atoms with Gasteiger partial charge in [0.05, 0.1) is 18.4 Å². The van der Waals surface area contributed by atoms with Crippen molar-refractivity contribution < 1.29 is 17.4 Å². The summed E-state index contributed by atoms with van der Waals surface area (Å²) in [4.78, 5) is 4.49. The number of hydrogen-bond acceptors (Lipinski definition) is 1. The number of nitrogens with zero attached hydrogens (tertiary/aromatic N) is 6. The van der Waals surface area contributed by atoms with Crippen LogP contribution < -0.4 is 9.13 Å². The number of imidazole rings is 3. The van der Waals surface area contributed by atoms with Crippen molar-refractivity contribution in [2.24, 2.45) is 21.1 Å². The number of aromatic nitrogens is 6. The van der Waals surface area contributed by atoms with Gasteiger partial charge in [0.1, 0.15) is 30.8 Å². The first-order chi connectivity index (χ1) is 18.1. The van der Waals surface area contributed by atoms with Crippen molar-refractivity contribution in [3.05, 3.63) is 77.0 Å². The maximum atomic E-state index is 8.15. The monoisotopic (exact) mass is 446 g/mol. The summed E-state index contributed by atoms with van der Waals surface area (Å²) in [5, 5.41) is 0. The average molecular weight is 447 g/mol. The van der Waals surface area contributed by atoms with E-state index in [9.17, 15) is 0 Å². The molecule has 0 aliphatic carbocycles. The lowest BCUT2D eigenvalue weighted by atomic mass is 10.1. The Bertz CT molecular complexity index is 1750. The molecule has 0 amide bonds. The van der Waals surface area contributed by atoms with Crippen LogP contribution in [0.5, 0.6) is 0 Å². The van der Waals surface area contributed by atoms with Gasteiger partial charge in [-0.25, -0.2) is 9.55 Å². The van der Waals surface area contributed by atoms with Crippen molar-refractivity contribution in [3.8, 4) is 28.6 Å². The van der Waals surface area contributed by atoms with Gasteiger partial charge in [-0.3, -0.25) is 4.40 Å². The normalized spacial score (nSPS) is 15.1. The summed E-state index contributed by atoms with van der Waals surface area (Å²) in [7, 11) is 5.80. The first-order valence-electron chi connectivity index (χ1n) is 13.9. The van der Waals surface area contributed by atoms with E-state index in [0.717, 1.165) is 34.2 Å². The molecule has 0 N–H and O–H groups in total. The number of benzene rings is 1. The number of pyridine rings is 1. The SMILES string of the molecule is [2H]C([2H])([2H])c1cccc(C)c1-n1cc[n+](C)c1-c1cccc(-c2c(C)n3c(C)c(C([2H])([2H])[2H])nc3n2C)[n+]1C. The van der Waals surface area contributed by atoms with Gasteiger partial charge in [0, 0.05) is 33.1 Å². The van der Waals surface area contributed by atoms with Gasteiger partial charge in [-0.15, -0.1) is 0 Å². The zero-order valence-electron chi connectivity index (χ0n) is 25.8. The van der Waals surface area contributed by atoms with Crippen LogP contribution in [0.25, 0.3) is 34.4 Å². The fraction of sp³-hybridized carbons (Fsp3) is 0.296. The van der Waals surface area contributed by atoms with E-state index in [1.807, 2.05) is 89.8 Å². The molecule has 0 aliphatic rings. The van der Waals surface area contributed by atoms with Crippen LogP contribution in [-0.4, -0.2) is 18.5 Å². The van der Waals surface area contributed by atoms with Gasteiger partial charge in [0.25, 0.3) is 5.69 Å². The second-order valence-corrected chi connectivity index (χ2v) is 8.60. The molecule has 0 unspecified atom stereocenters. The first-order valence-corrected chi connectivity index (χ1v) is 10.9. The first kappa shape index (κ1) is 15.2. The standard InChI is InChI=1S/C27H32N6/c1-17-11-9-12-18(2)24(17)32-16-15-29(6)26(32)23-14-10-13-22(30(23)7)25-21(5)33-20(4)19(3)28-27(33)31(25)8/h9-16H,1-8H3/q+2/i1D3,3D3. The average Bonchev–Trinajstić information content (AvgIpc) is 3.46. The zero-order valence-corrected chi connectivity index (χ0v) is 19.8. The topological polar surface area (TPSA) is 34.9 Å². The van der Waals surface area contributed by atoms with Crippen molar-refractivity contribution in [1.29, 1.82) is 0 Å². The van der Waals surface area contributed by atoms with E-state index >= 15 is 0 Å². The largest absolute Gasteiger partial charge is 0.359 e. The minimum absolute atomic E-state index is 0.106. The van der Waals surface area contributed by atoms with Gasteiger partial charge in [-0.05, 0) is 51.7 Å². The van der Waals surface area contributed by atoms with Gasteiger partial charge >= 0.3 is 5.82 Å². The third-order valence-electron chi connectivity index (χ3n) is 6.59. The van der Waals surface area contributed by atoms with E-state index in [0.29, 0.717) is 22.7 Å². The summed E-state index contributed by atoms with van der Waals surface area (Å²) >= 11 is 0. The van der Waals surface area contributed by atoms with Gasteiger partial charge in [-0.1, -0.05) is 18.2 Å². The smallest absolute Gasteiger partial charge is 0.308 e. The molecule has 1 aromatic carbocycles. The number of fused-ring (bicyclic) bond motifs is 1. The minimum Gasteiger partial charge on any atom is -0.308 e. The number of rotatable bonds is 3. The molecule has 0 radical (unpaired) electrons. The Hall–Kier alpha value is -3.67. The summed E-state index contributed by atoms with van der Waals surface area (Å²) < 4.78 is 57.9. The summed E-state index contributed by atoms with van der Waals surface area (Å²) in [5.74, 6) is 1.38. The van der Waals surface area contributed by atoms with Crippen molar-refractivity contribution in [3.63, 3.8) is 0 Å². The molecule has 168 valence electrons. The van der Waals surface area contributed by atoms with Crippen molar-refractivity contribution in [1.82, 2.24) is 18.5 Å². The van der Waals surface area contributed by atoms with E-state index in [1.165, 1.54) is 0 Å². The van der Waals surface area contributed by atoms with E-state index in [2.05, 4.69) is 9.55 Å².